The van der Waals surface area contributed by atoms with Crippen molar-refractivity contribution in [2.45, 2.75) is 19.3 Å². The first kappa shape index (κ1) is 14.0. The molecule has 2 heterocycles. The van der Waals surface area contributed by atoms with Crippen LogP contribution in [0.5, 0.6) is 0 Å². The maximum atomic E-state index is 11.1. The lowest BCUT2D eigenvalue weighted by Crippen LogP contribution is -2.29. The maximum Gasteiger partial charge on any atom is 0.337 e. The number of alkyl halides is 1. The molecule has 0 spiro atoms. The first-order chi connectivity index (χ1) is 9.13. The van der Waals surface area contributed by atoms with Crippen molar-refractivity contribution >= 4 is 27.7 Å². The normalized spacial score (nSPS) is 14.7. The highest BCUT2D eigenvalue weighted by Crippen LogP contribution is 2.15. The first-order valence-corrected chi connectivity index (χ1v) is 7.38. The second kappa shape index (κ2) is 6.14. The number of amidine groups is 1. The molecule has 2 rings (SSSR count). The Kier molecular flexibility index (Phi) is 4.52. The zero-order valence-electron chi connectivity index (χ0n) is 10.5. The van der Waals surface area contributed by atoms with Gasteiger partial charge in [-0.1, -0.05) is 15.9 Å². The van der Waals surface area contributed by atoms with Crippen LogP contribution in [0, 0.1) is 5.41 Å². The molecule has 1 aromatic heterocycles. The van der Waals surface area contributed by atoms with E-state index in [0.29, 0.717) is 29.0 Å². The molecule has 0 amide bonds. The van der Waals surface area contributed by atoms with Crippen LogP contribution in [-0.2, 0) is 6.42 Å². The third-order valence-corrected chi connectivity index (χ3v) is 3.60. The summed E-state index contributed by atoms with van der Waals surface area (Å²) in [5.41, 5.74) is 1.31. The Morgan fingerprint density at radius 2 is 2.11 bits per heavy atom. The third-order valence-electron chi connectivity index (χ3n) is 3.20. The average molecular weight is 326 g/mol. The lowest BCUT2D eigenvalue weighted by Gasteiger charge is -2.18. The number of nitrogens with zero attached hydrogens (tertiary/aromatic N) is 2. The number of aromatic nitrogens is 1. The van der Waals surface area contributed by atoms with Crippen LogP contribution in [0.2, 0.25) is 0 Å². The number of pyridine rings is 1. The molecule has 19 heavy (non-hydrogen) atoms. The van der Waals surface area contributed by atoms with Crippen LogP contribution in [0.4, 0.5) is 0 Å². The molecule has 0 aliphatic carbocycles. The van der Waals surface area contributed by atoms with Gasteiger partial charge in [0.2, 0.25) is 0 Å². The predicted octanol–water partition coefficient (Wildman–Crippen LogP) is 2.14. The van der Waals surface area contributed by atoms with Crippen LogP contribution >= 0.6 is 15.9 Å². The van der Waals surface area contributed by atoms with E-state index in [4.69, 9.17) is 10.5 Å². The van der Waals surface area contributed by atoms with Crippen molar-refractivity contribution in [2.75, 3.05) is 18.4 Å². The van der Waals surface area contributed by atoms with Crippen LogP contribution < -0.4 is 0 Å². The number of nitrogens with one attached hydrogen (secondary N) is 1. The van der Waals surface area contributed by atoms with Gasteiger partial charge in [0.05, 0.1) is 11.3 Å². The van der Waals surface area contributed by atoms with E-state index < -0.39 is 5.97 Å². The topological polar surface area (TPSA) is 77.3 Å². The lowest BCUT2D eigenvalue weighted by atomic mass is 10.1. The minimum Gasteiger partial charge on any atom is -0.478 e. The van der Waals surface area contributed by atoms with Crippen molar-refractivity contribution in [1.82, 2.24) is 9.88 Å². The standard InChI is InChI=1S/C13H16BrN3O2/c14-6-5-10-9(13(18)19)3-4-11(16-10)12(15)17-7-1-2-8-17/h3-4,15H,1-2,5-8H2,(H,18,19). The van der Waals surface area contributed by atoms with Gasteiger partial charge in [0, 0.05) is 24.8 Å². The molecule has 6 heteroatoms. The SMILES string of the molecule is N=C(c1ccc(C(=O)O)c(CCBr)n1)N1CCCC1. The Balaban J connectivity index is 2.28. The smallest absolute Gasteiger partial charge is 0.337 e. The van der Waals surface area contributed by atoms with Gasteiger partial charge in [-0.25, -0.2) is 9.78 Å². The number of aryl methyl sites for hydroxylation is 1. The number of aromatic carboxylic acids is 1. The van der Waals surface area contributed by atoms with E-state index in [9.17, 15) is 4.79 Å². The highest BCUT2D eigenvalue weighted by atomic mass is 79.9. The van der Waals surface area contributed by atoms with Gasteiger partial charge in [-0.3, -0.25) is 5.41 Å². The summed E-state index contributed by atoms with van der Waals surface area (Å²) in [4.78, 5) is 17.5. The van der Waals surface area contributed by atoms with Crippen molar-refractivity contribution in [3.8, 4) is 0 Å². The number of hydrogen-bond donors (Lipinski definition) is 2. The second-order valence-corrected chi connectivity index (χ2v) is 5.27. The van der Waals surface area contributed by atoms with Gasteiger partial charge < -0.3 is 10.0 Å². The van der Waals surface area contributed by atoms with Crippen molar-refractivity contribution in [1.29, 1.82) is 5.41 Å². The van der Waals surface area contributed by atoms with Crippen LogP contribution in [0.1, 0.15) is 34.6 Å². The van der Waals surface area contributed by atoms with E-state index in [1.54, 1.807) is 12.1 Å². The molecule has 0 atom stereocenters. The van der Waals surface area contributed by atoms with Crippen molar-refractivity contribution < 1.29 is 9.90 Å². The Bertz CT molecular complexity index is 499. The van der Waals surface area contributed by atoms with Gasteiger partial charge in [-0.2, -0.15) is 0 Å². The van der Waals surface area contributed by atoms with E-state index in [-0.39, 0.29) is 5.56 Å². The average Bonchev–Trinajstić information content (AvgIpc) is 2.91. The summed E-state index contributed by atoms with van der Waals surface area (Å²) in [5.74, 6) is -0.576. The molecule has 102 valence electrons. The zero-order valence-corrected chi connectivity index (χ0v) is 12.1. The minimum absolute atomic E-state index is 0.220. The fourth-order valence-corrected chi connectivity index (χ4v) is 2.59. The van der Waals surface area contributed by atoms with Gasteiger partial charge in [0.25, 0.3) is 0 Å². The molecule has 0 radical (unpaired) electrons. The fraction of sp³-hybridized carbons (Fsp3) is 0.462. The zero-order chi connectivity index (χ0) is 13.8. The summed E-state index contributed by atoms with van der Waals surface area (Å²) >= 11 is 3.30. The summed E-state index contributed by atoms with van der Waals surface area (Å²) in [6, 6.07) is 3.18. The molecule has 0 bridgehead atoms. The van der Waals surface area contributed by atoms with Gasteiger partial charge in [0.1, 0.15) is 11.5 Å². The van der Waals surface area contributed by atoms with Crippen LogP contribution in [-0.4, -0.2) is 45.2 Å². The molecule has 1 aliphatic heterocycles. The summed E-state index contributed by atoms with van der Waals surface area (Å²) in [6.45, 7) is 1.77. The fourth-order valence-electron chi connectivity index (χ4n) is 2.21. The van der Waals surface area contributed by atoms with Crippen molar-refractivity contribution in [3.63, 3.8) is 0 Å². The van der Waals surface area contributed by atoms with Gasteiger partial charge in [-0.05, 0) is 25.0 Å². The highest BCUT2D eigenvalue weighted by molar-refractivity contribution is 9.09. The minimum atomic E-state index is -0.970. The molecule has 1 saturated heterocycles. The third kappa shape index (κ3) is 3.12. The number of hydrogen-bond acceptors (Lipinski definition) is 3. The summed E-state index contributed by atoms with van der Waals surface area (Å²) in [6.07, 6.45) is 2.75. The van der Waals surface area contributed by atoms with Gasteiger partial charge in [0.15, 0.2) is 0 Å². The Morgan fingerprint density at radius 1 is 1.42 bits per heavy atom. The molecular weight excluding hydrogens is 310 g/mol. The van der Waals surface area contributed by atoms with E-state index in [1.807, 2.05) is 4.90 Å². The molecule has 0 saturated carbocycles. The second-order valence-electron chi connectivity index (χ2n) is 4.48. The van der Waals surface area contributed by atoms with E-state index in [1.165, 1.54) is 0 Å². The molecule has 0 unspecified atom stereocenters. The number of carbonyl (C=O) groups is 1. The van der Waals surface area contributed by atoms with Crippen molar-refractivity contribution in [3.05, 3.63) is 29.1 Å². The van der Waals surface area contributed by atoms with Crippen molar-refractivity contribution in [2.24, 2.45) is 0 Å². The summed E-state index contributed by atoms with van der Waals surface area (Å²) in [5, 5.41) is 17.9. The molecule has 1 fully saturated rings. The maximum absolute atomic E-state index is 11.1. The van der Waals surface area contributed by atoms with E-state index in [2.05, 4.69) is 20.9 Å². The highest BCUT2D eigenvalue weighted by Gasteiger charge is 2.19. The molecule has 1 aromatic rings. The number of carboxylic acids is 1. The Labute approximate surface area is 120 Å². The number of carboxylic acid groups (broad SMARTS) is 1. The molecule has 0 aromatic carbocycles. The van der Waals surface area contributed by atoms with Crippen LogP contribution in [0.15, 0.2) is 12.1 Å². The molecule has 2 N–H and O–H groups in total. The molecular formula is C13H16BrN3O2. The lowest BCUT2D eigenvalue weighted by molar-refractivity contribution is 0.0695. The van der Waals surface area contributed by atoms with Gasteiger partial charge in [-0.15, -0.1) is 0 Å². The predicted molar refractivity (Wildman–Crippen MR) is 76.3 cm³/mol. The Morgan fingerprint density at radius 3 is 2.68 bits per heavy atom. The van der Waals surface area contributed by atoms with Crippen LogP contribution in [0.3, 0.4) is 0 Å². The van der Waals surface area contributed by atoms with E-state index >= 15 is 0 Å². The summed E-state index contributed by atoms with van der Waals surface area (Å²) in [7, 11) is 0. The molecule has 1 aliphatic rings. The number of likely N-dealkylation sites (tertiary alicyclic amines) is 1. The van der Waals surface area contributed by atoms with Crippen LogP contribution in [0.25, 0.3) is 0 Å². The monoisotopic (exact) mass is 325 g/mol. The molecule has 5 nitrogen and oxygen atoms in total. The van der Waals surface area contributed by atoms with Gasteiger partial charge >= 0.3 is 5.97 Å². The quantitative estimate of drug-likeness (QED) is 0.505. The first-order valence-electron chi connectivity index (χ1n) is 6.26. The van der Waals surface area contributed by atoms with E-state index in [0.717, 1.165) is 25.9 Å². The number of rotatable bonds is 4. The Hall–Kier alpha value is -1.43. The largest absolute Gasteiger partial charge is 0.478 e. The number of halogens is 1. The summed E-state index contributed by atoms with van der Waals surface area (Å²) < 4.78 is 0.